The molecule has 0 radical (unpaired) electrons. The Morgan fingerprint density at radius 3 is 2.67 bits per heavy atom. The molecule has 1 rings (SSSR count). The molecule has 2 amide bonds. The number of hydrogen-bond donors (Lipinski definition) is 2. The van der Waals surface area contributed by atoms with Crippen LogP contribution in [0.1, 0.15) is 32.3 Å². The van der Waals surface area contributed by atoms with Crippen molar-refractivity contribution in [2.24, 2.45) is 0 Å². The van der Waals surface area contributed by atoms with Crippen molar-refractivity contribution in [2.75, 3.05) is 6.54 Å². The number of nitrogens with one attached hydrogen (secondary N) is 2. The molecule has 98 valence electrons. The van der Waals surface area contributed by atoms with Gasteiger partial charge in [-0.2, -0.15) is 0 Å². The standard InChI is InChI=1S/C15H22N2O/c1-3-13(2)12-17-15(18)16-11-7-10-14-8-5-4-6-9-14/h4-6,8-9,12H,3,7,10-11H2,1-2H3,(H2,16,17,18)/b13-12+. The van der Waals surface area contributed by atoms with E-state index in [-0.39, 0.29) is 6.03 Å². The topological polar surface area (TPSA) is 41.1 Å². The molecule has 0 saturated carbocycles. The van der Waals surface area contributed by atoms with E-state index in [9.17, 15) is 4.79 Å². The van der Waals surface area contributed by atoms with Gasteiger partial charge in [-0.1, -0.05) is 42.8 Å². The van der Waals surface area contributed by atoms with E-state index in [0.717, 1.165) is 24.8 Å². The maximum absolute atomic E-state index is 11.4. The number of allylic oxidation sites excluding steroid dienone is 1. The number of aryl methyl sites for hydroxylation is 1. The van der Waals surface area contributed by atoms with Crippen LogP contribution < -0.4 is 10.6 Å². The molecule has 2 N–H and O–H groups in total. The molecule has 3 nitrogen and oxygen atoms in total. The molecule has 0 unspecified atom stereocenters. The molecule has 0 spiro atoms. The lowest BCUT2D eigenvalue weighted by atomic mass is 10.1. The summed E-state index contributed by atoms with van der Waals surface area (Å²) in [7, 11) is 0. The van der Waals surface area contributed by atoms with Gasteiger partial charge in [0.2, 0.25) is 0 Å². The van der Waals surface area contributed by atoms with Crippen LogP contribution in [0.3, 0.4) is 0 Å². The smallest absolute Gasteiger partial charge is 0.318 e. The van der Waals surface area contributed by atoms with Gasteiger partial charge in [0.25, 0.3) is 0 Å². The predicted octanol–water partition coefficient (Wildman–Crippen LogP) is 3.23. The quantitative estimate of drug-likeness (QED) is 0.743. The van der Waals surface area contributed by atoms with E-state index in [0.29, 0.717) is 6.54 Å². The van der Waals surface area contributed by atoms with Crippen molar-refractivity contribution in [3.63, 3.8) is 0 Å². The van der Waals surface area contributed by atoms with Crippen molar-refractivity contribution in [1.82, 2.24) is 10.6 Å². The summed E-state index contributed by atoms with van der Waals surface area (Å²) in [6, 6.07) is 10.2. The molecule has 0 atom stereocenters. The van der Waals surface area contributed by atoms with Crippen molar-refractivity contribution in [1.29, 1.82) is 0 Å². The minimum atomic E-state index is -0.129. The fourth-order valence-electron chi connectivity index (χ4n) is 1.48. The Morgan fingerprint density at radius 1 is 1.28 bits per heavy atom. The minimum absolute atomic E-state index is 0.129. The van der Waals surface area contributed by atoms with Gasteiger partial charge in [-0.25, -0.2) is 4.79 Å². The van der Waals surface area contributed by atoms with E-state index in [1.165, 1.54) is 5.56 Å². The van der Waals surface area contributed by atoms with Crippen LogP contribution in [0.4, 0.5) is 4.79 Å². The van der Waals surface area contributed by atoms with Crippen LogP contribution >= 0.6 is 0 Å². The van der Waals surface area contributed by atoms with E-state index >= 15 is 0 Å². The van der Waals surface area contributed by atoms with Crippen LogP contribution in [0.15, 0.2) is 42.1 Å². The van der Waals surface area contributed by atoms with Gasteiger partial charge in [0, 0.05) is 12.7 Å². The molecule has 0 fully saturated rings. The molecule has 1 aromatic carbocycles. The van der Waals surface area contributed by atoms with Crippen molar-refractivity contribution < 1.29 is 4.79 Å². The molecule has 1 aromatic rings. The van der Waals surface area contributed by atoms with E-state index in [4.69, 9.17) is 0 Å². The summed E-state index contributed by atoms with van der Waals surface area (Å²) >= 11 is 0. The van der Waals surface area contributed by atoms with Crippen LogP contribution in [-0.2, 0) is 6.42 Å². The van der Waals surface area contributed by atoms with Crippen LogP contribution in [0.2, 0.25) is 0 Å². The fourth-order valence-corrected chi connectivity index (χ4v) is 1.48. The Kier molecular flexibility index (Phi) is 6.62. The molecular weight excluding hydrogens is 224 g/mol. The monoisotopic (exact) mass is 246 g/mol. The number of benzene rings is 1. The lowest BCUT2D eigenvalue weighted by Gasteiger charge is -2.05. The second-order valence-corrected chi connectivity index (χ2v) is 4.33. The van der Waals surface area contributed by atoms with Crippen molar-refractivity contribution in [2.45, 2.75) is 33.1 Å². The SMILES string of the molecule is CC/C(C)=C/NC(=O)NCCCc1ccccc1. The van der Waals surface area contributed by atoms with Crippen LogP contribution in [0.5, 0.6) is 0 Å². The third kappa shape index (κ3) is 6.09. The van der Waals surface area contributed by atoms with Crippen molar-refractivity contribution >= 4 is 6.03 Å². The Bertz CT molecular complexity index is 385. The Balaban J connectivity index is 2.13. The van der Waals surface area contributed by atoms with Crippen molar-refractivity contribution in [3.8, 4) is 0 Å². The highest BCUT2D eigenvalue weighted by molar-refractivity contribution is 5.74. The number of urea groups is 1. The zero-order valence-corrected chi connectivity index (χ0v) is 11.2. The number of carbonyl (C=O) groups excluding carboxylic acids is 1. The fraction of sp³-hybridized carbons (Fsp3) is 0.400. The average molecular weight is 246 g/mol. The lowest BCUT2D eigenvalue weighted by Crippen LogP contribution is -2.33. The molecule has 0 heterocycles. The van der Waals surface area contributed by atoms with E-state index in [2.05, 4.69) is 29.7 Å². The molecule has 0 aliphatic carbocycles. The summed E-state index contributed by atoms with van der Waals surface area (Å²) in [5, 5.41) is 5.56. The van der Waals surface area contributed by atoms with Gasteiger partial charge in [0.1, 0.15) is 0 Å². The zero-order chi connectivity index (χ0) is 13.2. The van der Waals surface area contributed by atoms with Crippen LogP contribution in [-0.4, -0.2) is 12.6 Å². The predicted molar refractivity (Wildman–Crippen MR) is 75.3 cm³/mol. The van der Waals surface area contributed by atoms with Gasteiger partial charge < -0.3 is 10.6 Å². The van der Waals surface area contributed by atoms with E-state index < -0.39 is 0 Å². The van der Waals surface area contributed by atoms with Gasteiger partial charge in [-0.05, 0) is 31.7 Å². The summed E-state index contributed by atoms with van der Waals surface area (Å²) in [4.78, 5) is 11.4. The largest absolute Gasteiger partial charge is 0.338 e. The average Bonchev–Trinajstić information content (AvgIpc) is 2.42. The number of rotatable bonds is 6. The zero-order valence-electron chi connectivity index (χ0n) is 11.2. The first-order valence-electron chi connectivity index (χ1n) is 6.46. The van der Waals surface area contributed by atoms with Gasteiger partial charge in [-0.3, -0.25) is 0 Å². The maximum atomic E-state index is 11.4. The Hall–Kier alpha value is -1.77. The molecular formula is C15H22N2O. The molecule has 0 aliphatic heterocycles. The first-order chi connectivity index (χ1) is 8.72. The van der Waals surface area contributed by atoms with E-state index in [1.807, 2.05) is 25.1 Å². The van der Waals surface area contributed by atoms with Gasteiger partial charge in [0.15, 0.2) is 0 Å². The summed E-state index contributed by atoms with van der Waals surface area (Å²) in [5.74, 6) is 0. The second-order valence-electron chi connectivity index (χ2n) is 4.33. The highest BCUT2D eigenvalue weighted by Crippen LogP contribution is 2.01. The highest BCUT2D eigenvalue weighted by Gasteiger charge is 1.97. The number of carbonyl (C=O) groups is 1. The second kappa shape index (κ2) is 8.34. The number of amides is 2. The van der Waals surface area contributed by atoms with Gasteiger partial charge in [-0.15, -0.1) is 0 Å². The molecule has 18 heavy (non-hydrogen) atoms. The Labute approximate surface area is 109 Å². The molecule has 0 aromatic heterocycles. The molecule has 0 bridgehead atoms. The van der Waals surface area contributed by atoms with Gasteiger partial charge in [0.05, 0.1) is 0 Å². The minimum Gasteiger partial charge on any atom is -0.338 e. The lowest BCUT2D eigenvalue weighted by molar-refractivity contribution is 0.244. The summed E-state index contributed by atoms with van der Waals surface area (Å²) in [5.41, 5.74) is 2.47. The molecule has 0 aliphatic rings. The first kappa shape index (κ1) is 14.3. The first-order valence-corrected chi connectivity index (χ1v) is 6.46. The summed E-state index contributed by atoms with van der Waals surface area (Å²) in [6.45, 7) is 4.75. The normalized spacial score (nSPS) is 11.1. The van der Waals surface area contributed by atoms with E-state index in [1.54, 1.807) is 6.20 Å². The Morgan fingerprint density at radius 2 is 2.00 bits per heavy atom. The van der Waals surface area contributed by atoms with Crippen LogP contribution in [0, 0.1) is 0 Å². The summed E-state index contributed by atoms with van der Waals surface area (Å²) < 4.78 is 0. The third-order valence-corrected chi connectivity index (χ3v) is 2.78. The highest BCUT2D eigenvalue weighted by atomic mass is 16.2. The molecule has 3 heteroatoms. The number of hydrogen-bond acceptors (Lipinski definition) is 1. The molecule has 0 saturated heterocycles. The van der Waals surface area contributed by atoms with Crippen LogP contribution in [0.25, 0.3) is 0 Å². The summed E-state index contributed by atoms with van der Waals surface area (Å²) in [6.07, 6.45) is 4.65. The third-order valence-electron chi connectivity index (χ3n) is 2.78. The van der Waals surface area contributed by atoms with Gasteiger partial charge >= 0.3 is 6.03 Å². The maximum Gasteiger partial charge on any atom is 0.318 e. The van der Waals surface area contributed by atoms with Crippen molar-refractivity contribution in [3.05, 3.63) is 47.7 Å².